The van der Waals surface area contributed by atoms with E-state index in [0.717, 1.165) is 0 Å². The second kappa shape index (κ2) is 4.71. The summed E-state index contributed by atoms with van der Waals surface area (Å²) in [4.78, 5) is 0. The summed E-state index contributed by atoms with van der Waals surface area (Å²) in [6, 6.07) is 4.30. The Morgan fingerprint density at radius 3 is 2.38 bits per heavy atom. The second-order valence-electron chi connectivity index (χ2n) is 3.88. The third-order valence-corrected chi connectivity index (χ3v) is 3.11. The van der Waals surface area contributed by atoms with Gasteiger partial charge in [0, 0.05) is 0 Å². The summed E-state index contributed by atoms with van der Waals surface area (Å²) < 4.78 is 29.9. The molecule has 0 spiro atoms. The van der Waals surface area contributed by atoms with Gasteiger partial charge in [0.05, 0.1) is 5.75 Å². The van der Waals surface area contributed by atoms with Gasteiger partial charge in [-0.3, -0.25) is 4.55 Å². The molecule has 0 heterocycles. The van der Waals surface area contributed by atoms with E-state index in [2.05, 4.69) is 0 Å². The first kappa shape index (κ1) is 12.8. The predicted molar refractivity (Wildman–Crippen MR) is 59.1 cm³/mol. The molecule has 6 heteroatoms. The predicted octanol–water partition coefficient (Wildman–Crippen LogP) is 1.16. The van der Waals surface area contributed by atoms with Crippen molar-refractivity contribution in [2.24, 2.45) is 5.92 Å². The number of phenols is 2. The van der Waals surface area contributed by atoms with Crippen LogP contribution in [0, 0.1) is 5.92 Å². The first-order valence-corrected chi connectivity index (χ1v) is 6.35. The van der Waals surface area contributed by atoms with Crippen LogP contribution in [0.1, 0.15) is 12.5 Å². The minimum Gasteiger partial charge on any atom is -0.504 e. The number of rotatable bonds is 4. The van der Waals surface area contributed by atoms with Crippen molar-refractivity contribution in [2.45, 2.75) is 13.3 Å². The van der Waals surface area contributed by atoms with Gasteiger partial charge in [-0.05, 0) is 30.0 Å². The molecule has 1 atom stereocenters. The molecular weight excluding hydrogens is 232 g/mol. The van der Waals surface area contributed by atoms with E-state index in [0.29, 0.717) is 12.0 Å². The van der Waals surface area contributed by atoms with Gasteiger partial charge in [0.1, 0.15) is 0 Å². The van der Waals surface area contributed by atoms with Gasteiger partial charge in [0.25, 0.3) is 10.1 Å². The second-order valence-corrected chi connectivity index (χ2v) is 5.38. The molecule has 0 unspecified atom stereocenters. The van der Waals surface area contributed by atoms with Gasteiger partial charge in [-0.1, -0.05) is 13.0 Å². The van der Waals surface area contributed by atoms with Crippen LogP contribution in [0.15, 0.2) is 18.2 Å². The molecular formula is C10H14O5S. The molecule has 0 aliphatic rings. The lowest BCUT2D eigenvalue weighted by molar-refractivity contribution is 0.402. The van der Waals surface area contributed by atoms with Crippen molar-refractivity contribution in [1.82, 2.24) is 0 Å². The molecule has 3 N–H and O–H groups in total. The monoisotopic (exact) mass is 246 g/mol. The van der Waals surface area contributed by atoms with E-state index in [1.807, 2.05) is 0 Å². The Morgan fingerprint density at radius 2 is 1.88 bits per heavy atom. The number of aromatic hydroxyl groups is 2. The van der Waals surface area contributed by atoms with Crippen LogP contribution in [0.25, 0.3) is 0 Å². The Labute approximate surface area is 94.1 Å². The van der Waals surface area contributed by atoms with Crippen molar-refractivity contribution in [3.05, 3.63) is 23.8 Å². The van der Waals surface area contributed by atoms with E-state index >= 15 is 0 Å². The van der Waals surface area contributed by atoms with Crippen LogP contribution >= 0.6 is 0 Å². The van der Waals surface area contributed by atoms with Crippen molar-refractivity contribution >= 4 is 10.1 Å². The zero-order valence-electron chi connectivity index (χ0n) is 8.79. The van der Waals surface area contributed by atoms with Gasteiger partial charge in [-0.15, -0.1) is 0 Å². The number of benzene rings is 1. The van der Waals surface area contributed by atoms with Crippen LogP contribution in [-0.2, 0) is 16.5 Å². The SMILES string of the molecule is C[C@@H](Cc1ccc(O)c(O)c1)CS(=O)(=O)O. The molecule has 1 aromatic rings. The molecule has 0 aromatic heterocycles. The number of hydrogen-bond donors (Lipinski definition) is 3. The lowest BCUT2D eigenvalue weighted by atomic mass is 10.0. The highest BCUT2D eigenvalue weighted by atomic mass is 32.2. The minimum absolute atomic E-state index is 0.216. The Morgan fingerprint density at radius 1 is 1.25 bits per heavy atom. The molecule has 5 nitrogen and oxygen atoms in total. The van der Waals surface area contributed by atoms with Gasteiger partial charge in [-0.2, -0.15) is 8.42 Å². The maximum atomic E-state index is 10.6. The van der Waals surface area contributed by atoms with Crippen LogP contribution in [-0.4, -0.2) is 28.9 Å². The van der Waals surface area contributed by atoms with Crippen LogP contribution in [0.2, 0.25) is 0 Å². The van der Waals surface area contributed by atoms with E-state index in [1.54, 1.807) is 13.0 Å². The lowest BCUT2D eigenvalue weighted by Gasteiger charge is -2.09. The molecule has 90 valence electrons. The van der Waals surface area contributed by atoms with Crippen molar-refractivity contribution in [3.8, 4) is 11.5 Å². The van der Waals surface area contributed by atoms with Crippen LogP contribution in [0.3, 0.4) is 0 Å². The average Bonchev–Trinajstić information content (AvgIpc) is 2.08. The normalized spacial score (nSPS) is 13.6. The average molecular weight is 246 g/mol. The third kappa shape index (κ3) is 4.08. The van der Waals surface area contributed by atoms with E-state index in [4.69, 9.17) is 9.66 Å². The smallest absolute Gasteiger partial charge is 0.265 e. The highest BCUT2D eigenvalue weighted by molar-refractivity contribution is 7.85. The van der Waals surface area contributed by atoms with Crippen molar-refractivity contribution in [1.29, 1.82) is 0 Å². The molecule has 0 amide bonds. The van der Waals surface area contributed by atoms with Crippen LogP contribution in [0.5, 0.6) is 11.5 Å². The van der Waals surface area contributed by atoms with E-state index < -0.39 is 10.1 Å². The fourth-order valence-electron chi connectivity index (χ4n) is 1.52. The summed E-state index contributed by atoms with van der Waals surface area (Å²) in [5.74, 6) is -1.05. The molecule has 1 rings (SSSR count). The van der Waals surface area contributed by atoms with E-state index in [1.165, 1.54) is 12.1 Å². The zero-order valence-corrected chi connectivity index (χ0v) is 9.61. The summed E-state index contributed by atoms with van der Waals surface area (Å²) in [6.45, 7) is 1.68. The van der Waals surface area contributed by atoms with Crippen molar-refractivity contribution in [3.63, 3.8) is 0 Å². The van der Waals surface area contributed by atoms with Crippen molar-refractivity contribution < 1.29 is 23.2 Å². The van der Waals surface area contributed by atoms with Gasteiger partial charge < -0.3 is 10.2 Å². The largest absolute Gasteiger partial charge is 0.504 e. The van der Waals surface area contributed by atoms with Gasteiger partial charge in [0.15, 0.2) is 11.5 Å². The van der Waals surface area contributed by atoms with Crippen LogP contribution < -0.4 is 0 Å². The Bertz CT molecular complexity index is 466. The fourth-order valence-corrected chi connectivity index (χ4v) is 2.35. The number of hydrogen-bond acceptors (Lipinski definition) is 4. The van der Waals surface area contributed by atoms with E-state index in [-0.39, 0.29) is 23.2 Å². The summed E-state index contributed by atoms with van der Waals surface area (Å²) in [7, 11) is -3.97. The van der Waals surface area contributed by atoms with E-state index in [9.17, 15) is 13.5 Å². The lowest BCUT2D eigenvalue weighted by Crippen LogP contribution is -2.14. The number of phenolic OH excluding ortho intramolecular Hbond substituents is 2. The molecule has 0 radical (unpaired) electrons. The Kier molecular flexibility index (Phi) is 3.77. The first-order chi connectivity index (χ1) is 7.28. The zero-order chi connectivity index (χ0) is 12.3. The summed E-state index contributed by atoms with van der Waals surface area (Å²) in [6.07, 6.45) is 0.396. The summed E-state index contributed by atoms with van der Waals surface area (Å²) >= 11 is 0. The van der Waals surface area contributed by atoms with Crippen molar-refractivity contribution in [2.75, 3.05) is 5.75 Å². The standard InChI is InChI=1S/C10H14O5S/c1-7(6-16(13,14)15)4-8-2-3-9(11)10(12)5-8/h2-3,5,7,11-12H,4,6H2,1H3,(H,13,14,15)/t7-/m0/s1. The molecule has 1 aromatic carbocycles. The minimum atomic E-state index is -3.97. The maximum Gasteiger partial charge on any atom is 0.265 e. The fraction of sp³-hybridized carbons (Fsp3) is 0.400. The highest BCUT2D eigenvalue weighted by Gasteiger charge is 2.13. The molecule has 16 heavy (non-hydrogen) atoms. The topological polar surface area (TPSA) is 94.8 Å². The van der Waals surface area contributed by atoms with Gasteiger partial charge in [0.2, 0.25) is 0 Å². The summed E-state index contributed by atoms with van der Waals surface area (Å²) in [5.41, 5.74) is 0.700. The van der Waals surface area contributed by atoms with Gasteiger partial charge >= 0.3 is 0 Å². The Hall–Kier alpha value is -1.27. The molecule has 0 saturated carbocycles. The van der Waals surface area contributed by atoms with Crippen LogP contribution in [0.4, 0.5) is 0 Å². The summed E-state index contributed by atoms with van der Waals surface area (Å²) in [5, 5.41) is 18.3. The molecule has 0 fully saturated rings. The molecule has 0 bridgehead atoms. The Balaban J connectivity index is 2.70. The highest BCUT2D eigenvalue weighted by Crippen LogP contribution is 2.26. The van der Waals surface area contributed by atoms with Gasteiger partial charge in [-0.25, -0.2) is 0 Å². The first-order valence-electron chi connectivity index (χ1n) is 4.74. The quantitative estimate of drug-likeness (QED) is 0.547. The maximum absolute atomic E-state index is 10.6. The molecule has 0 aliphatic heterocycles. The molecule has 0 saturated heterocycles. The third-order valence-electron chi connectivity index (χ3n) is 2.12. The molecule has 0 aliphatic carbocycles.